The summed E-state index contributed by atoms with van der Waals surface area (Å²) in [5.74, 6) is -1.78. The summed E-state index contributed by atoms with van der Waals surface area (Å²) in [4.78, 5) is 21.0. The summed E-state index contributed by atoms with van der Waals surface area (Å²) in [6.07, 6.45) is -4.59. The first-order valence-electron chi connectivity index (χ1n) is 6.57. The van der Waals surface area contributed by atoms with Crippen LogP contribution in [0.1, 0.15) is 21.5 Å². The number of benzene rings is 2. The van der Waals surface area contributed by atoms with Crippen LogP contribution in [0, 0.1) is 17.0 Å². The van der Waals surface area contributed by atoms with Crippen LogP contribution >= 0.6 is 11.6 Å². The largest absolute Gasteiger partial charge is 0.477 e. The van der Waals surface area contributed by atoms with Crippen LogP contribution in [0.3, 0.4) is 0 Å². The molecule has 0 aliphatic heterocycles. The van der Waals surface area contributed by atoms with Crippen LogP contribution in [0.4, 0.5) is 18.9 Å². The number of hydrogen-bond acceptors (Lipinski definition) is 4. The zero-order valence-electron chi connectivity index (χ0n) is 12.4. The highest BCUT2D eigenvalue weighted by atomic mass is 35.5. The van der Waals surface area contributed by atoms with Gasteiger partial charge in [-0.1, -0.05) is 11.6 Å². The predicted octanol–water partition coefficient (Wildman–Crippen LogP) is 5.07. The van der Waals surface area contributed by atoms with Crippen molar-refractivity contribution < 1.29 is 32.7 Å². The van der Waals surface area contributed by atoms with Crippen LogP contribution in [-0.4, -0.2) is 16.0 Å². The Morgan fingerprint density at radius 3 is 2.40 bits per heavy atom. The molecule has 0 aliphatic rings. The second-order valence-corrected chi connectivity index (χ2v) is 5.35. The highest BCUT2D eigenvalue weighted by Crippen LogP contribution is 2.39. The van der Waals surface area contributed by atoms with Crippen molar-refractivity contribution in [2.45, 2.75) is 13.1 Å². The quantitative estimate of drug-likeness (QED) is 0.595. The fourth-order valence-electron chi connectivity index (χ4n) is 2.05. The molecular weight excluding hydrogens is 367 g/mol. The molecule has 10 heteroatoms. The molecule has 6 nitrogen and oxygen atoms in total. The van der Waals surface area contributed by atoms with Gasteiger partial charge in [0.05, 0.1) is 15.5 Å². The van der Waals surface area contributed by atoms with Crippen molar-refractivity contribution in [1.82, 2.24) is 0 Å². The lowest BCUT2D eigenvalue weighted by Crippen LogP contribution is -2.06. The van der Waals surface area contributed by atoms with Gasteiger partial charge in [-0.25, -0.2) is 4.79 Å². The van der Waals surface area contributed by atoms with Crippen LogP contribution in [0.15, 0.2) is 30.3 Å². The number of carboxylic acids is 1. The molecule has 0 heterocycles. The Morgan fingerprint density at radius 2 is 1.92 bits per heavy atom. The molecule has 0 spiro atoms. The summed E-state index contributed by atoms with van der Waals surface area (Å²) in [6, 6.07) is 4.44. The van der Waals surface area contributed by atoms with Gasteiger partial charge in [-0.15, -0.1) is 0 Å². The zero-order valence-corrected chi connectivity index (χ0v) is 13.2. The van der Waals surface area contributed by atoms with E-state index in [1.165, 1.54) is 6.92 Å². The predicted molar refractivity (Wildman–Crippen MR) is 81.3 cm³/mol. The third kappa shape index (κ3) is 4.00. The van der Waals surface area contributed by atoms with Crippen molar-refractivity contribution in [3.05, 3.63) is 62.2 Å². The van der Waals surface area contributed by atoms with Crippen molar-refractivity contribution in [3.8, 4) is 11.5 Å². The number of alkyl halides is 3. The molecule has 0 saturated heterocycles. The van der Waals surface area contributed by atoms with E-state index in [4.69, 9.17) is 21.4 Å². The van der Waals surface area contributed by atoms with Gasteiger partial charge in [-0.3, -0.25) is 10.1 Å². The lowest BCUT2D eigenvalue weighted by atomic mass is 10.1. The molecule has 0 bridgehead atoms. The van der Waals surface area contributed by atoms with E-state index in [0.717, 1.165) is 24.3 Å². The minimum atomic E-state index is -4.59. The molecule has 0 unspecified atom stereocenters. The van der Waals surface area contributed by atoms with Gasteiger partial charge in [0.25, 0.3) is 5.69 Å². The molecule has 0 saturated carbocycles. The van der Waals surface area contributed by atoms with Gasteiger partial charge in [0.2, 0.25) is 0 Å². The normalized spacial score (nSPS) is 11.2. The highest BCUT2D eigenvalue weighted by molar-refractivity contribution is 6.32. The van der Waals surface area contributed by atoms with Gasteiger partial charge in [0.15, 0.2) is 0 Å². The van der Waals surface area contributed by atoms with E-state index in [0.29, 0.717) is 6.07 Å². The Bertz CT molecular complexity index is 844. The number of aryl methyl sites for hydroxylation is 1. The van der Waals surface area contributed by atoms with Crippen LogP contribution < -0.4 is 4.74 Å². The number of nitro benzene ring substituents is 1. The summed E-state index contributed by atoms with van der Waals surface area (Å²) < 4.78 is 43.6. The monoisotopic (exact) mass is 375 g/mol. The summed E-state index contributed by atoms with van der Waals surface area (Å²) in [5.41, 5.74) is -2.16. The van der Waals surface area contributed by atoms with E-state index in [-0.39, 0.29) is 22.1 Å². The minimum Gasteiger partial charge on any atom is -0.477 e. The van der Waals surface area contributed by atoms with Gasteiger partial charge in [0.1, 0.15) is 17.1 Å². The molecule has 2 rings (SSSR count). The summed E-state index contributed by atoms with van der Waals surface area (Å²) in [6.45, 7) is 1.33. The molecule has 25 heavy (non-hydrogen) atoms. The Morgan fingerprint density at radius 1 is 1.28 bits per heavy atom. The number of carbonyl (C=O) groups is 1. The smallest absolute Gasteiger partial charge is 0.416 e. The number of carboxylic acid groups (broad SMARTS) is 1. The maximum absolute atomic E-state index is 12.7. The summed E-state index contributed by atoms with van der Waals surface area (Å²) >= 11 is 5.83. The molecule has 2 aromatic carbocycles. The van der Waals surface area contributed by atoms with E-state index < -0.39 is 33.9 Å². The maximum Gasteiger partial charge on any atom is 0.416 e. The lowest BCUT2D eigenvalue weighted by Gasteiger charge is -2.14. The zero-order chi connectivity index (χ0) is 18.9. The number of rotatable bonds is 4. The Labute approximate surface area is 143 Å². The molecule has 0 atom stereocenters. The molecule has 0 amide bonds. The SMILES string of the molecule is Cc1cc(C(F)(F)F)cc(Cl)c1Oc1ccc([N+](=O)[O-])c(C(=O)O)c1. The molecule has 132 valence electrons. The molecule has 0 fully saturated rings. The first-order valence-corrected chi connectivity index (χ1v) is 6.95. The number of ether oxygens (including phenoxy) is 1. The number of halogens is 4. The highest BCUT2D eigenvalue weighted by Gasteiger charge is 2.32. The van der Waals surface area contributed by atoms with Gasteiger partial charge in [-0.2, -0.15) is 13.2 Å². The average molecular weight is 376 g/mol. The van der Waals surface area contributed by atoms with Gasteiger partial charge in [0, 0.05) is 12.1 Å². The second-order valence-electron chi connectivity index (χ2n) is 4.95. The van der Waals surface area contributed by atoms with E-state index in [2.05, 4.69) is 0 Å². The topological polar surface area (TPSA) is 89.7 Å². The van der Waals surface area contributed by atoms with E-state index in [1.54, 1.807) is 0 Å². The average Bonchev–Trinajstić information content (AvgIpc) is 2.49. The maximum atomic E-state index is 12.7. The van der Waals surface area contributed by atoms with E-state index >= 15 is 0 Å². The second kappa shape index (κ2) is 6.60. The summed E-state index contributed by atoms with van der Waals surface area (Å²) in [5, 5.41) is 19.5. The van der Waals surface area contributed by atoms with Crippen molar-refractivity contribution in [3.63, 3.8) is 0 Å². The van der Waals surface area contributed by atoms with Crippen LogP contribution in [0.5, 0.6) is 11.5 Å². The number of aromatic carboxylic acids is 1. The number of nitrogens with zero attached hydrogens (tertiary/aromatic N) is 1. The van der Waals surface area contributed by atoms with Crippen LogP contribution in [-0.2, 0) is 6.18 Å². The van der Waals surface area contributed by atoms with E-state index in [9.17, 15) is 28.1 Å². The standard InChI is InChI=1S/C15H9ClF3NO5/c1-7-4-8(15(17,18)19)5-11(16)13(7)25-9-2-3-12(20(23)24)10(6-9)14(21)22/h2-6H,1H3,(H,21,22). The van der Waals surface area contributed by atoms with Crippen molar-refractivity contribution in [2.24, 2.45) is 0 Å². The van der Waals surface area contributed by atoms with E-state index in [1.807, 2.05) is 0 Å². The minimum absolute atomic E-state index is 0.0649. The summed E-state index contributed by atoms with van der Waals surface area (Å²) in [7, 11) is 0. The molecule has 0 aliphatic carbocycles. The Balaban J connectivity index is 2.45. The molecule has 2 aromatic rings. The first-order chi connectivity index (χ1) is 11.5. The van der Waals surface area contributed by atoms with Crippen LogP contribution in [0.25, 0.3) is 0 Å². The fraction of sp³-hybridized carbons (Fsp3) is 0.133. The first kappa shape index (κ1) is 18.5. The third-order valence-corrected chi connectivity index (χ3v) is 3.45. The molecule has 1 N–H and O–H groups in total. The van der Waals surface area contributed by atoms with Crippen molar-refractivity contribution >= 4 is 23.3 Å². The number of hydrogen-bond donors (Lipinski definition) is 1. The van der Waals surface area contributed by atoms with Gasteiger partial charge >= 0.3 is 12.1 Å². The molecular formula is C15H9ClF3NO5. The molecule has 0 aromatic heterocycles. The number of nitro groups is 1. The Hall–Kier alpha value is -2.81. The Kier molecular flexibility index (Phi) is 4.89. The van der Waals surface area contributed by atoms with Crippen molar-refractivity contribution in [1.29, 1.82) is 0 Å². The third-order valence-electron chi connectivity index (χ3n) is 3.17. The lowest BCUT2D eigenvalue weighted by molar-refractivity contribution is -0.385. The fourth-order valence-corrected chi connectivity index (χ4v) is 2.36. The molecule has 0 radical (unpaired) electrons. The van der Waals surface area contributed by atoms with Crippen molar-refractivity contribution in [2.75, 3.05) is 0 Å². The van der Waals surface area contributed by atoms with Crippen LogP contribution in [0.2, 0.25) is 5.02 Å². The van der Waals surface area contributed by atoms with Gasteiger partial charge in [-0.05, 0) is 30.7 Å². The van der Waals surface area contributed by atoms with Gasteiger partial charge < -0.3 is 9.84 Å².